The lowest BCUT2D eigenvalue weighted by Gasteiger charge is -2.19. The molecule has 1 aliphatic rings. The molecule has 1 atom stereocenters. The third-order valence-electron chi connectivity index (χ3n) is 2.88. The van der Waals surface area contributed by atoms with Crippen LogP contribution >= 0.6 is 12.4 Å². The number of hydrogen-bond donors (Lipinski definition) is 2. The Morgan fingerprint density at radius 3 is 2.44 bits per heavy atom. The number of carbonyl (C=O) groups excluding carboxylic acids is 2. The van der Waals surface area contributed by atoms with Crippen molar-refractivity contribution >= 4 is 24.2 Å². The van der Waals surface area contributed by atoms with Gasteiger partial charge in [0.1, 0.15) is 0 Å². The van der Waals surface area contributed by atoms with Crippen LogP contribution in [0.4, 0.5) is 0 Å². The van der Waals surface area contributed by atoms with Crippen molar-refractivity contribution < 1.29 is 9.59 Å². The summed E-state index contributed by atoms with van der Waals surface area (Å²) in [6.07, 6.45) is 1.23. The molecule has 18 heavy (non-hydrogen) atoms. The molecule has 2 amide bonds. The number of nitrogens with zero attached hydrogens (tertiary/aromatic N) is 1. The van der Waals surface area contributed by atoms with Crippen molar-refractivity contribution in [2.45, 2.75) is 39.7 Å². The van der Waals surface area contributed by atoms with Crippen LogP contribution in [-0.4, -0.2) is 42.4 Å². The van der Waals surface area contributed by atoms with Crippen LogP contribution in [0.3, 0.4) is 0 Å². The number of likely N-dealkylation sites (tertiary alicyclic amines) is 1. The number of rotatable bonds is 3. The molecule has 0 aromatic rings. The van der Waals surface area contributed by atoms with Gasteiger partial charge in [-0.15, -0.1) is 12.4 Å². The number of hydrogen-bond acceptors (Lipinski definition) is 3. The molecule has 106 valence electrons. The summed E-state index contributed by atoms with van der Waals surface area (Å²) in [6, 6.07) is 0.114. The van der Waals surface area contributed by atoms with Gasteiger partial charge in [-0.05, 0) is 6.42 Å². The Hall–Kier alpha value is -0.810. The first kappa shape index (κ1) is 17.2. The van der Waals surface area contributed by atoms with Crippen LogP contribution in [0, 0.1) is 5.41 Å². The van der Waals surface area contributed by atoms with Gasteiger partial charge in [0.15, 0.2) is 0 Å². The molecule has 1 aliphatic heterocycles. The largest absolute Gasteiger partial charge is 0.355 e. The summed E-state index contributed by atoms with van der Waals surface area (Å²) in [5, 5.41) is 2.77. The highest BCUT2D eigenvalue weighted by Gasteiger charge is 2.24. The monoisotopic (exact) mass is 277 g/mol. The second-order valence-electron chi connectivity index (χ2n) is 5.64. The van der Waals surface area contributed by atoms with Crippen molar-refractivity contribution in [1.29, 1.82) is 0 Å². The Balaban J connectivity index is 0.00000289. The van der Waals surface area contributed by atoms with E-state index in [-0.39, 0.29) is 30.3 Å². The van der Waals surface area contributed by atoms with Crippen LogP contribution in [0.5, 0.6) is 0 Å². The van der Waals surface area contributed by atoms with E-state index >= 15 is 0 Å². The molecule has 3 N–H and O–H groups in total. The third kappa shape index (κ3) is 5.23. The fourth-order valence-corrected chi connectivity index (χ4v) is 1.72. The van der Waals surface area contributed by atoms with Gasteiger partial charge in [0.25, 0.3) is 0 Å². The summed E-state index contributed by atoms with van der Waals surface area (Å²) in [5.74, 6) is 0.0515. The average molecular weight is 278 g/mol. The van der Waals surface area contributed by atoms with E-state index in [0.717, 1.165) is 13.0 Å². The number of amides is 2. The fraction of sp³-hybridized carbons (Fsp3) is 0.833. The topological polar surface area (TPSA) is 75.4 Å². The number of nitrogens with one attached hydrogen (secondary N) is 1. The van der Waals surface area contributed by atoms with Gasteiger partial charge in [-0.1, -0.05) is 20.8 Å². The summed E-state index contributed by atoms with van der Waals surface area (Å²) < 4.78 is 0. The van der Waals surface area contributed by atoms with E-state index in [1.807, 2.05) is 20.8 Å². The molecule has 1 saturated heterocycles. The van der Waals surface area contributed by atoms with E-state index in [2.05, 4.69) is 5.32 Å². The second-order valence-corrected chi connectivity index (χ2v) is 5.64. The average Bonchev–Trinajstić information content (AvgIpc) is 2.63. The Morgan fingerprint density at radius 2 is 2.00 bits per heavy atom. The summed E-state index contributed by atoms with van der Waals surface area (Å²) >= 11 is 0. The van der Waals surface area contributed by atoms with Crippen LogP contribution in [0.15, 0.2) is 0 Å². The van der Waals surface area contributed by atoms with Gasteiger partial charge in [0.05, 0.1) is 0 Å². The van der Waals surface area contributed by atoms with Crippen LogP contribution < -0.4 is 11.1 Å². The first-order valence-corrected chi connectivity index (χ1v) is 6.12. The van der Waals surface area contributed by atoms with E-state index < -0.39 is 5.41 Å². The maximum Gasteiger partial charge on any atom is 0.225 e. The van der Waals surface area contributed by atoms with E-state index in [0.29, 0.717) is 19.5 Å². The van der Waals surface area contributed by atoms with Gasteiger partial charge in [-0.3, -0.25) is 9.59 Å². The molecule has 0 bridgehead atoms. The van der Waals surface area contributed by atoms with Crippen molar-refractivity contribution in [1.82, 2.24) is 10.2 Å². The molecule has 5 nitrogen and oxygen atoms in total. The Bertz CT molecular complexity index is 302. The van der Waals surface area contributed by atoms with Gasteiger partial charge in [0, 0.05) is 37.5 Å². The maximum absolute atomic E-state index is 11.7. The van der Waals surface area contributed by atoms with Crippen molar-refractivity contribution in [3.8, 4) is 0 Å². The first-order valence-electron chi connectivity index (χ1n) is 6.12. The standard InChI is InChI=1S/C12H23N3O2.ClH/c1-12(2,3)11(17)14-6-4-10(16)15-7-5-9(13)8-15;/h9H,4-8,13H2,1-3H3,(H,14,17);1H/t9-;/m1./s1. The van der Waals surface area contributed by atoms with E-state index in [9.17, 15) is 9.59 Å². The van der Waals surface area contributed by atoms with E-state index in [4.69, 9.17) is 5.73 Å². The minimum absolute atomic E-state index is 0. The predicted molar refractivity (Wildman–Crippen MR) is 73.5 cm³/mol. The molecule has 1 rings (SSSR count). The van der Waals surface area contributed by atoms with E-state index in [1.165, 1.54) is 0 Å². The summed E-state index contributed by atoms with van der Waals surface area (Å²) in [5.41, 5.74) is 5.33. The van der Waals surface area contributed by atoms with Crippen LogP contribution in [0.25, 0.3) is 0 Å². The number of nitrogens with two attached hydrogens (primary N) is 1. The molecule has 0 aromatic carbocycles. The van der Waals surface area contributed by atoms with Gasteiger partial charge in [0.2, 0.25) is 11.8 Å². The van der Waals surface area contributed by atoms with Crippen molar-refractivity contribution in [3.05, 3.63) is 0 Å². The first-order chi connectivity index (χ1) is 7.80. The normalized spacial score (nSPS) is 19.3. The minimum Gasteiger partial charge on any atom is -0.355 e. The Kier molecular flexibility index (Phi) is 6.63. The highest BCUT2D eigenvalue weighted by molar-refractivity contribution is 5.85. The summed E-state index contributed by atoms with van der Waals surface area (Å²) in [6.45, 7) is 7.34. The molecule has 0 spiro atoms. The molecule has 0 aromatic heterocycles. The lowest BCUT2D eigenvalue weighted by atomic mass is 9.96. The van der Waals surface area contributed by atoms with Crippen LogP contribution in [0.2, 0.25) is 0 Å². The van der Waals surface area contributed by atoms with Gasteiger partial charge < -0.3 is 16.0 Å². The highest BCUT2D eigenvalue weighted by Crippen LogP contribution is 2.12. The number of carbonyl (C=O) groups is 2. The molecule has 1 heterocycles. The third-order valence-corrected chi connectivity index (χ3v) is 2.88. The van der Waals surface area contributed by atoms with E-state index in [1.54, 1.807) is 4.90 Å². The number of halogens is 1. The predicted octanol–water partition coefficient (Wildman–Crippen LogP) is 0.520. The molecule has 1 fully saturated rings. The summed E-state index contributed by atoms with van der Waals surface area (Å²) in [4.78, 5) is 25.1. The smallest absolute Gasteiger partial charge is 0.225 e. The quantitative estimate of drug-likeness (QED) is 0.790. The van der Waals surface area contributed by atoms with Gasteiger partial charge in [-0.25, -0.2) is 0 Å². The zero-order valence-electron chi connectivity index (χ0n) is 11.4. The molecule has 0 radical (unpaired) electrons. The molecular weight excluding hydrogens is 254 g/mol. The van der Waals surface area contributed by atoms with Crippen molar-refractivity contribution in [2.75, 3.05) is 19.6 Å². The summed E-state index contributed by atoms with van der Waals surface area (Å²) in [7, 11) is 0. The maximum atomic E-state index is 11.7. The van der Waals surface area contributed by atoms with Crippen molar-refractivity contribution in [2.24, 2.45) is 11.1 Å². The fourth-order valence-electron chi connectivity index (χ4n) is 1.72. The Labute approximate surface area is 115 Å². The molecule has 0 unspecified atom stereocenters. The highest BCUT2D eigenvalue weighted by atomic mass is 35.5. The molecule has 6 heteroatoms. The molecular formula is C12H24ClN3O2. The van der Waals surface area contributed by atoms with Crippen molar-refractivity contribution in [3.63, 3.8) is 0 Å². The minimum atomic E-state index is -0.404. The second kappa shape index (κ2) is 6.95. The van der Waals surface area contributed by atoms with Crippen LogP contribution in [-0.2, 0) is 9.59 Å². The van der Waals surface area contributed by atoms with Crippen LogP contribution in [0.1, 0.15) is 33.6 Å². The van der Waals surface area contributed by atoms with Gasteiger partial charge in [-0.2, -0.15) is 0 Å². The SMILES string of the molecule is CC(C)(C)C(=O)NCCC(=O)N1CC[C@@H](N)C1.Cl. The lowest BCUT2D eigenvalue weighted by molar-refractivity contribution is -0.131. The van der Waals surface area contributed by atoms with Gasteiger partial charge >= 0.3 is 0 Å². The lowest BCUT2D eigenvalue weighted by Crippen LogP contribution is -2.38. The molecule has 0 aliphatic carbocycles. The molecule has 0 saturated carbocycles. The Morgan fingerprint density at radius 1 is 1.39 bits per heavy atom. The zero-order valence-corrected chi connectivity index (χ0v) is 12.2. The zero-order chi connectivity index (χ0) is 13.1.